The van der Waals surface area contributed by atoms with Gasteiger partial charge in [0.05, 0.1) is 4.75 Å². The lowest BCUT2D eigenvalue weighted by Gasteiger charge is -2.31. The van der Waals surface area contributed by atoms with Crippen molar-refractivity contribution in [3.05, 3.63) is 71.8 Å². The Kier molecular flexibility index (Phi) is 11.6. The molecule has 2 aromatic rings. The summed E-state index contributed by atoms with van der Waals surface area (Å²) < 4.78 is 28.7. The van der Waals surface area contributed by atoms with Gasteiger partial charge in [-0.3, -0.25) is 14.0 Å². The van der Waals surface area contributed by atoms with Crippen molar-refractivity contribution in [2.45, 2.75) is 116 Å². The molecule has 2 fully saturated rings. The second kappa shape index (κ2) is 14.0. The quantitative estimate of drug-likeness (QED) is 0.326. The van der Waals surface area contributed by atoms with Crippen LogP contribution >= 0.6 is 0 Å². The van der Waals surface area contributed by atoms with Gasteiger partial charge in [-0.15, -0.1) is 0 Å². The Labute approximate surface area is 261 Å². The number of likely N-dealkylation sites (tertiary alicyclic amines) is 2. The molecule has 2 aliphatic rings. The van der Waals surface area contributed by atoms with E-state index in [-0.39, 0.29) is 20.6 Å². The topological polar surface area (TPSA) is 53.0 Å². The molecule has 0 amide bonds. The fourth-order valence-corrected chi connectivity index (χ4v) is 7.39. The molecule has 3 unspecified atom stereocenters. The molecule has 0 spiro atoms. The predicted octanol–water partition coefficient (Wildman–Crippen LogP) is 7.41. The molecule has 2 aliphatic heterocycles. The minimum absolute atomic E-state index is 0.0662. The molecule has 5 nitrogen and oxygen atoms in total. The Hall–Kier alpha value is -1.67. The van der Waals surface area contributed by atoms with Crippen molar-refractivity contribution in [3.63, 3.8) is 0 Å². The van der Waals surface area contributed by atoms with Gasteiger partial charge >= 0.3 is 0 Å². The highest BCUT2D eigenvalue weighted by Crippen LogP contribution is 2.35. The molecule has 234 valence electrons. The standard InChI is InChI=1S/C18H29NOS.C17H26N2OS/c1-17(2,3)21(20)14-16-11-18(4,5)19(13-16)12-15-9-7-6-8-10-15;1-16(2,3)21(20)18-15-11-17(4,5)19(13-15)12-14-9-7-6-8-10-14/h6-10,16H,11-14H2,1-5H3;6-10H,11-13H2,1-5H3. The van der Waals surface area contributed by atoms with Crippen LogP contribution in [0.3, 0.4) is 0 Å². The average molecular weight is 614 g/mol. The van der Waals surface area contributed by atoms with E-state index in [0.29, 0.717) is 5.92 Å². The lowest BCUT2D eigenvalue weighted by Crippen LogP contribution is -2.37. The zero-order chi connectivity index (χ0) is 31.3. The second-order valence-electron chi connectivity index (χ2n) is 15.2. The van der Waals surface area contributed by atoms with Crippen molar-refractivity contribution in [3.8, 4) is 0 Å². The third-order valence-corrected chi connectivity index (χ3v) is 11.8. The summed E-state index contributed by atoms with van der Waals surface area (Å²) in [4.78, 5) is 4.97. The maximum Gasteiger partial charge on any atom is 0.144 e. The molecule has 0 aromatic heterocycles. The van der Waals surface area contributed by atoms with E-state index in [0.717, 1.165) is 50.5 Å². The molecule has 4 rings (SSSR count). The van der Waals surface area contributed by atoms with Crippen LogP contribution in [0.1, 0.15) is 93.2 Å². The normalized spacial score (nSPS) is 23.4. The molecule has 42 heavy (non-hydrogen) atoms. The SMILES string of the molecule is CC1(C)CC(=NS(=O)C(C)(C)C)CN1Cc1ccccc1.CC1(C)CC(CS(=O)C(C)(C)C)CN1Cc1ccccc1. The fraction of sp³-hybridized carbons (Fsp3) is 0.629. The first kappa shape index (κ1) is 34.8. The monoisotopic (exact) mass is 613 g/mol. The van der Waals surface area contributed by atoms with Crippen LogP contribution in [0.2, 0.25) is 0 Å². The molecule has 2 saturated heterocycles. The van der Waals surface area contributed by atoms with Crippen LogP contribution in [0.15, 0.2) is 65.1 Å². The Morgan fingerprint density at radius 3 is 1.74 bits per heavy atom. The van der Waals surface area contributed by atoms with E-state index in [2.05, 4.69) is 117 Å². The lowest BCUT2D eigenvalue weighted by molar-refractivity contribution is 0.166. The molecule has 7 heteroatoms. The van der Waals surface area contributed by atoms with Crippen LogP contribution in [0.5, 0.6) is 0 Å². The molecule has 0 radical (unpaired) electrons. The first-order valence-corrected chi connectivity index (χ1v) is 17.7. The van der Waals surface area contributed by atoms with Crippen LogP contribution in [0.25, 0.3) is 0 Å². The number of hydrogen-bond acceptors (Lipinski definition) is 4. The Bertz CT molecular complexity index is 1230. The molecule has 2 heterocycles. The van der Waals surface area contributed by atoms with Crippen molar-refractivity contribution in [2.24, 2.45) is 10.3 Å². The third kappa shape index (κ3) is 10.2. The highest BCUT2D eigenvalue weighted by molar-refractivity contribution is 7.86. The summed E-state index contributed by atoms with van der Waals surface area (Å²) in [5.74, 6) is 1.38. The van der Waals surface area contributed by atoms with E-state index < -0.39 is 21.8 Å². The molecule has 0 bridgehead atoms. The minimum atomic E-state index is -1.16. The van der Waals surface area contributed by atoms with Gasteiger partial charge in [0.1, 0.15) is 11.0 Å². The molecule has 2 aromatic carbocycles. The summed E-state index contributed by atoms with van der Waals surface area (Å²) in [7, 11) is -1.91. The van der Waals surface area contributed by atoms with Gasteiger partial charge in [-0.25, -0.2) is 4.21 Å². The van der Waals surface area contributed by atoms with Crippen LogP contribution in [-0.4, -0.2) is 63.3 Å². The highest BCUT2D eigenvalue weighted by Gasteiger charge is 2.40. The summed E-state index contributed by atoms with van der Waals surface area (Å²) in [6, 6.07) is 21.1. The van der Waals surface area contributed by atoms with E-state index in [1.54, 1.807) is 0 Å². The van der Waals surface area contributed by atoms with Crippen molar-refractivity contribution in [1.82, 2.24) is 9.80 Å². The van der Waals surface area contributed by atoms with Crippen LogP contribution < -0.4 is 0 Å². The molecular weight excluding hydrogens is 559 g/mol. The Morgan fingerprint density at radius 2 is 1.26 bits per heavy atom. The van der Waals surface area contributed by atoms with E-state index in [4.69, 9.17) is 0 Å². The van der Waals surface area contributed by atoms with Crippen LogP contribution in [0.4, 0.5) is 0 Å². The van der Waals surface area contributed by atoms with E-state index in [1.165, 1.54) is 11.1 Å². The average Bonchev–Trinajstić information content (AvgIpc) is 3.31. The van der Waals surface area contributed by atoms with Crippen LogP contribution in [-0.2, 0) is 34.9 Å². The Balaban J connectivity index is 0.000000230. The third-order valence-electron chi connectivity index (χ3n) is 8.23. The summed E-state index contributed by atoms with van der Waals surface area (Å²) in [5, 5.41) is 0. The van der Waals surface area contributed by atoms with E-state index in [1.807, 2.05) is 26.8 Å². The predicted molar refractivity (Wildman–Crippen MR) is 183 cm³/mol. The molecule has 0 N–H and O–H groups in total. The van der Waals surface area contributed by atoms with Gasteiger partial charge in [0.25, 0.3) is 0 Å². The van der Waals surface area contributed by atoms with E-state index >= 15 is 0 Å². The van der Waals surface area contributed by atoms with Crippen LogP contribution in [0, 0.1) is 5.92 Å². The van der Waals surface area contributed by atoms with Gasteiger partial charge in [-0.05, 0) is 92.7 Å². The maximum absolute atomic E-state index is 12.4. The zero-order valence-electron chi connectivity index (χ0n) is 27.8. The maximum atomic E-state index is 12.4. The summed E-state index contributed by atoms with van der Waals surface area (Å²) in [5.41, 5.74) is 4.00. The van der Waals surface area contributed by atoms with Gasteiger partial charge in [0.15, 0.2) is 0 Å². The van der Waals surface area contributed by atoms with Crippen molar-refractivity contribution in [2.75, 3.05) is 18.8 Å². The van der Waals surface area contributed by atoms with Gasteiger partial charge in [-0.1, -0.05) is 60.7 Å². The van der Waals surface area contributed by atoms with Gasteiger partial charge < -0.3 is 0 Å². The number of benzene rings is 2. The van der Waals surface area contributed by atoms with Gasteiger partial charge in [0, 0.05) is 70.7 Å². The number of nitrogens with zero attached hydrogens (tertiary/aromatic N) is 3. The fourth-order valence-electron chi connectivity index (χ4n) is 5.61. The summed E-state index contributed by atoms with van der Waals surface area (Å²) in [6.45, 7) is 25.0. The number of rotatable bonds is 7. The molecule has 0 aliphatic carbocycles. The van der Waals surface area contributed by atoms with Gasteiger partial charge in [-0.2, -0.15) is 4.40 Å². The highest BCUT2D eigenvalue weighted by atomic mass is 32.2. The zero-order valence-corrected chi connectivity index (χ0v) is 29.4. The summed E-state index contributed by atoms with van der Waals surface area (Å²) >= 11 is 0. The van der Waals surface area contributed by atoms with Crippen molar-refractivity contribution >= 4 is 27.5 Å². The first-order valence-electron chi connectivity index (χ1n) is 15.3. The number of hydrogen-bond donors (Lipinski definition) is 0. The smallest absolute Gasteiger partial charge is 0.144 e. The van der Waals surface area contributed by atoms with Crippen molar-refractivity contribution in [1.29, 1.82) is 0 Å². The first-order chi connectivity index (χ1) is 19.4. The summed E-state index contributed by atoms with van der Waals surface area (Å²) in [6.07, 6.45) is 2.03. The second-order valence-corrected chi connectivity index (χ2v) is 19.4. The van der Waals surface area contributed by atoms with Crippen molar-refractivity contribution < 1.29 is 8.42 Å². The Morgan fingerprint density at radius 1 is 0.762 bits per heavy atom. The molecular formula is C35H55N3O2S2. The molecule has 3 atom stereocenters. The van der Waals surface area contributed by atoms with Gasteiger partial charge in [0.2, 0.25) is 0 Å². The largest absolute Gasteiger partial charge is 0.294 e. The minimum Gasteiger partial charge on any atom is -0.294 e. The van der Waals surface area contributed by atoms with E-state index in [9.17, 15) is 8.42 Å². The molecule has 0 saturated carbocycles. The lowest BCUT2D eigenvalue weighted by atomic mass is 9.97.